The van der Waals surface area contributed by atoms with Crippen LogP contribution in [0.3, 0.4) is 0 Å². The average molecular weight is 330 g/mol. The van der Waals surface area contributed by atoms with Crippen molar-refractivity contribution in [2.75, 3.05) is 11.9 Å². The lowest BCUT2D eigenvalue weighted by Gasteiger charge is -2.17. The minimum atomic E-state index is -4.41. The molecule has 0 bridgehead atoms. The quantitative estimate of drug-likeness (QED) is 0.839. The third-order valence-electron chi connectivity index (χ3n) is 3.70. The number of hydrogen-bond donors (Lipinski definition) is 2. The van der Waals surface area contributed by atoms with Crippen molar-refractivity contribution < 1.29 is 22.7 Å². The Labute approximate surface area is 133 Å². The zero-order valence-electron chi connectivity index (χ0n) is 13.0. The van der Waals surface area contributed by atoms with E-state index in [4.69, 9.17) is 4.74 Å². The number of carbonyl (C=O) groups is 1. The first-order valence-electron chi connectivity index (χ1n) is 7.71. The van der Waals surface area contributed by atoms with Crippen LogP contribution in [0, 0.1) is 0 Å². The summed E-state index contributed by atoms with van der Waals surface area (Å²) in [7, 11) is 0. The summed E-state index contributed by atoms with van der Waals surface area (Å²) in [5.74, 6) is 0.0604. The maximum atomic E-state index is 12.1. The summed E-state index contributed by atoms with van der Waals surface area (Å²) in [6.45, 7) is 0.181. The Morgan fingerprint density at radius 2 is 1.87 bits per heavy atom. The predicted molar refractivity (Wildman–Crippen MR) is 81.5 cm³/mol. The minimum absolute atomic E-state index is 0.265. The summed E-state index contributed by atoms with van der Waals surface area (Å²) in [5, 5.41) is 4.71. The zero-order chi connectivity index (χ0) is 16.9. The minimum Gasteiger partial charge on any atom is -0.490 e. The number of hydrogen-bond acceptors (Lipinski definition) is 3. The van der Waals surface area contributed by atoms with Gasteiger partial charge in [0, 0.05) is 5.69 Å². The number of alkyl halides is 3. The first-order valence-corrected chi connectivity index (χ1v) is 7.71. The Morgan fingerprint density at radius 1 is 1.26 bits per heavy atom. The average Bonchev–Trinajstić information content (AvgIpc) is 2.99. The third kappa shape index (κ3) is 6.00. The fourth-order valence-corrected chi connectivity index (χ4v) is 2.48. The second kappa shape index (κ2) is 7.57. The van der Waals surface area contributed by atoms with Crippen molar-refractivity contribution in [1.29, 1.82) is 0 Å². The van der Waals surface area contributed by atoms with Gasteiger partial charge in [0.1, 0.15) is 18.3 Å². The molecule has 1 aliphatic rings. The van der Waals surface area contributed by atoms with E-state index in [1.807, 2.05) is 5.32 Å². The molecule has 1 saturated carbocycles. The van der Waals surface area contributed by atoms with Gasteiger partial charge in [-0.3, -0.25) is 4.79 Å². The first kappa shape index (κ1) is 17.4. The van der Waals surface area contributed by atoms with E-state index in [9.17, 15) is 18.0 Å². The highest BCUT2D eigenvalue weighted by atomic mass is 19.4. The summed E-state index contributed by atoms with van der Waals surface area (Å²) in [4.78, 5) is 11.6. The van der Waals surface area contributed by atoms with E-state index in [0.717, 1.165) is 18.6 Å². The number of benzene rings is 1. The molecule has 0 aromatic heterocycles. The summed E-state index contributed by atoms with van der Waals surface area (Å²) < 4.78 is 42.0. The molecular weight excluding hydrogens is 309 g/mol. The summed E-state index contributed by atoms with van der Waals surface area (Å²) in [5.41, 5.74) is 0.651. The van der Waals surface area contributed by atoms with Crippen LogP contribution in [0.2, 0.25) is 0 Å². The van der Waals surface area contributed by atoms with E-state index in [0.29, 0.717) is 5.69 Å². The number of nitrogens with one attached hydrogen (secondary N) is 2. The maximum absolute atomic E-state index is 12.1. The van der Waals surface area contributed by atoms with Crippen LogP contribution in [0.4, 0.5) is 18.9 Å². The fraction of sp³-hybridized carbons (Fsp3) is 0.562. The molecule has 2 rings (SSSR count). The number of amides is 1. The highest BCUT2D eigenvalue weighted by molar-refractivity contribution is 5.84. The van der Waals surface area contributed by atoms with E-state index >= 15 is 0 Å². The molecule has 1 aromatic rings. The van der Waals surface area contributed by atoms with Crippen molar-refractivity contribution in [3.8, 4) is 5.75 Å². The largest absolute Gasteiger partial charge is 0.490 e. The van der Waals surface area contributed by atoms with Gasteiger partial charge in [-0.15, -0.1) is 0 Å². The van der Waals surface area contributed by atoms with Crippen LogP contribution in [0.5, 0.6) is 5.75 Å². The van der Waals surface area contributed by atoms with Crippen LogP contribution in [0.1, 0.15) is 32.6 Å². The van der Waals surface area contributed by atoms with Crippen molar-refractivity contribution in [1.82, 2.24) is 5.32 Å². The van der Waals surface area contributed by atoms with Gasteiger partial charge in [-0.25, -0.2) is 0 Å². The van der Waals surface area contributed by atoms with Gasteiger partial charge in [0.25, 0.3) is 0 Å². The van der Waals surface area contributed by atoms with Gasteiger partial charge in [-0.05, 0) is 56.9 Å². The predicted octanol–water partition coefficient (Wildman–Crippen LogP) is 3.49. The molecule has 0 heterocycles. The highest BCUT2D eigenvalue weighted by Gasteiger charge is 2.28. The van der Waals surface area contributed by atoms with Crippen molar-refractivity contribution in [2.24, 2.45) is 0 Å². The smallest absolute Gasteiger partial charge is 0.405 e. The molecule has 0 spiro atoms. The van der Waals surface area contributed by atoms with E-state index in [1.54, 1.807) is 24.3 Å². The lowest BCUT2D eigenvalue weighted by Crippen LogP contribution is -2.42. The molecule has 1 aromatic carbocycles. The Morgan fingerprint density at radius 3 is 2.43 bits per heavy atom. The van der Waals surface area contributed by atoms with Crippen molar-refractivity contribution in [3.63, 3.8) is 0 Å². The Hall–Kier alpha value is -1.92. The standard InChI is InChI=1S/C16H21F3N2O2/c1-11(15(22)20-10-16(17,18)19)21-12-6-8-14(9-7-12)23-13-4-2-3-5-13/h6-9,11,13,21H,2-5,10H2,1H3,(H,20,22). The van der Waals surface area contributed by atoms with Crippen LogP contribution >= 0.6 is 0 Å². The summed E-state index contributed by atoms with van der Waals surface area (Å²) in [6.07, 6.45) is 0.367. The summed E-state index contributed by atoms with van der Waals surface area (Å²) >= 11 is 0. The number of ether oxygens (including phenoxy) is 1. The molecule has 23 heavy (non-hydrogen) atoms. The van der Waals surface area contributed by atoms with Gasteiger partial charge >= 0.3 is 6.18 Å². The van der Waals surface area contributed by atoms with Gasteiger partial charge < -0.3 is 15.4 Å². The van der Waals surface area contributed by atoms with E-state index in [2.05, 4.69) is 5.32 Å². The van der Waals surface area contributed by atoms with Crippen LogP contribution in [-0.4, -0.2) is 30.8 Å². The molecule has 1 fully saturated rings. The van der Waals surface area contributed by atoms with Crippen LogP contribution < -0.4 is 15.4 Å². The fourth-order valence-electron chi connectivity index (χ4n) is 2.48. The number of rotatable bonds is 6. The molecule has 1 amide bonds. The van der Waals surface area contributed by atoms with Crippen LogP contribution in [0.15, 0.2) is 24.3 Å². The van der Waals surface area contributed by atoms with Gasteiger partial charge in [-0.1, -0.05) is 0 Å². The molecule has 7 heteroatoms. The number of anilines is 1. The third-order valence-corrected chi connectivity index (χ3v) is 3.70. The van der Waals surface area contributed by atoms with Gasteiger partial charge in [-0.2, -0.15) is 13.2 Å². The lowest BCUT2D eigenvalue weighted by molar-refractivity contribution is -0.138. The van der Waals surface area contributed by atoms with Gasteiger partial charge in [0.05, 0.1) is 6.10 Å². The first-order chi connectivity index (χ1) is 10.8. The lowest BCUT2D eigenvalue weighted by atomic mass is 10.2. The maximum Gasteiger partial charge on any atom is 0.405 e. The Kier molecular flexibility index (Phi) is 5.74. The molecular formula is C16H21F3N2O2. The SMILES string of the molecule is CC(Nc1ccc(OC2CCCC2)cc1)C(=O)NCC(F)(F)F. The molecule has 0 radical (unpaired) electrons. The molecule has 4 nitrogen and oxygen atoms in total. The van der Waals surface area contributed by atoms with Crippen molar-refractivity contribution in [3.05, 3.63) is 24.3 Å². The number of carbonyl (C=O) groups excluding carboxylic acids is 1. The molecule has 0 aliphatic heterocycles. The molecule has 128 valence electrons. The monoisotopic (exact) mass is 330 g/mol. The second-order valence-electron chi connectivity index (χ2n) is 5.75. The highest BCUT2D eigenvalue weighted by Crippen LogP contribution is 2.25. The van der Waals surface area contributed by atoms with Crippen molar-refractivity contribution >= 4 is 11.6 Å². The Balaban J connectivity index is 1.81. The Bertz CT molecular complexity index is 511. The number of halogens is 3. The zero-order valence-corrected chi connectivity index (χ0v) is 13.0. The normalized spacial score (nSPS) is 16.9. The molecule has 1 aliphatic carbocycles. The van der Waals surface area contributed by atoms with Crippen LogP contribution in [-0.2, 0) is 4.79 Å². The van der Waals surface area contributed by atoms with E-state index in [1.165, 1.54) is 19.8 Å². The van der Waals surface area contributed by atoms with E-state index in [-0.39, 0.29) is 6.10 Å². The molecule has 1 unspecified atom stereocenters. The summed E-state index contributed by atoms with van der Waals surface area (Å²) in [6, 6.07) is 6.32. The van der Waals surface area contributed by atoms with E-state index < -0.39 is 24.7 Å². The molecule has 0 saturated heterocycles. The van der Waals surface area contributed by atoms with Crippen LogP contribution in [0.25, 0.3) is 0 Å². The molecule has 2 N–H and O–H groups in total. The topological polar surface area (TPSA) is 50.4 Å². The molecule has 1 atom stereocenters. The van der Waals surface area contributed by atoms with Gasteiger partial charge in [0.2, 0.25) is 5.91 Å². The van der Waals surface area contributed by atoms with Crippen molar-refractivity contribution in [2.45, 2.75) is 50.9 Å². The second-order valence-corrected chi connectivity index (χ2v) is 5.75. The van der Waals surface area contributed by atoms with Gasteiger partial charge in [0.15, 0.2) is 0 Å².